The maximum absolute atomic E-state index is 12.3. The van der Waals surface area contributed by atoms with E-state index in [1.165, 1.54) is 11.3 Å². The van der Waals surface area contributed by atoms with Crippen LogP contribution in [-0.2, 0) is 14.8 Å². The number of nitrogens with one attached hydrogen (secondary N) is 1. The number of piperazine rings is 1. The molecule has 0 unspecified atom stereocenters. The van der Waals surface area contributed by atoms with Crippen molar-refractivity contribution in [2.75, 3.05) is 35.8 Å². The van der Waals surface area contributed by atoms with Gasteiger partial charge < -0.3 is 9.80 Å². The summed E-state index contributed by atoms with van der Waals surface area (Å²) in [5.41, 5.74) is 0. The monoisotopic (exact) mass is 367 g/mol. The maximum Gasteiger partial charge on any atom is 0.272 e. The lowest BCUT2D eigenvalue weighted by molar-refractivity contribution is -0.118. The van der Waals surface area contributed by atoms with Crippen molar-refractivity contribution in [1.29, 1.82) is 0 Å². The molecule has 2 aromatic rings. The molecule has 0 bridgehead atoms. The summed E-state index contributed by atoms with van der Waals surface area (Å²) in [6.45, 7) is 4.47. The van der Waals surface area contributed by atoms with Crippen LogP contribution in [-0.4, -0.2) is 56.1 Å². The van der Waals surface area contributed by atoms with Gasteiger partial charge >= 0.3 is 0 Å². The van der Waals surface area contributed by atoms with Gasteiger partial charge in [0.25, 0.3) is 10.0 Å². The summed E-state index contributed by atoms with van der Waals surface area (Å²) in [6.07, 6.45) is 0.840. The third kappa shape index (κ3) is 3.65. The molecule has 0 spiro atoms. The van der Waals surface area contributed by atoms with Crippen LogP contribution >= 0.6 is 11.3 Å². The zero-order valence-electron chi connectivity index (χ0n) is 13.0. The molecule has 24 heavy (non-hydrogen) atoms. The Morgan fingerprint density at radius 1 is 1.12 bits per heavy atom. The van der Waals surface area contributed by atoms with E-state index in [4.69, 9.17) is 0 Å². The number of sulfonamides is 1. The van der Waals surface area contributed by atoms with Crippen molar-refractivity contribution in [3.63, 3.8) is 0 Å². The molecule has 0 saturated carbocycles. The number of aryl methyl sites for hydroxylation is 1. The fourth-order valence-electron chi connectivity index (χ4n) is 2.35. The normalized spacial score (nSPS) is 15.4. The summed E-state index contributed by atoms with van der Waals surface area (Å²) in [4.78, 5) is 15.3. The van der Waals surface area contributed by atoms with Gasteiger partial charge in [0.1, 0.15) is 4.21 Å². The SMILES string of the molecule is Cc1ccc(S(=O)(=O)Nc2ccc(N3CCN(C=O)CC3)nn2)s1. The fourth-order valence-corrected chi connectivity index (χ4v) is 4.63. The van der Waals surface area contributed by atoms with Crippen molar-refractivity contribution in [2.24, 2.45) is 0 Å². The van der Waals surface area contributed by atoms with Gasteiger partial charge in [-0.05, 0) is 31.2 Å². The maximum atomic E-state index is 12.3. The van der Waals surface area contributed by atoms with Crippen LogP contribution in [0.5, 0.6) is 0 Å². The van der Waals surface area contributed by atoms with Crippen LogP contribution in [0.15, 0.2) is 28.5 Å². The first-order valence-electron chi connectivity index (χ1n) is 7.35. The molecule has 8 nitrogen and oxygen atoms in total. The Morgan fingerprint density at radius 3 is 2.42 bits per heavy atom. The molecule has 10 heteroatoms. The molecule has 0 atom stereocenters. The number of amides is 1. The van der Waals surface area contributed by atoms with E-state index in [2.05, 4.69) is 14.9 Å². The Bertz CT molecular complexity index is 811. The second-order valence-electron chi connectivity index (χ2n) is 5.38. The minimum atomic E-state index is -3.63. The van der Waals surface area contributed by atoms with Gasteiger partial charge in [0.2, 0.25) is 6.41 Å². The molecule has 1 aliphatic rings. The highest BCUT2D eigenvalue weighted by molar-refractivity contribution is 7.94. The van der Waals surface area contributed by atoms with Gasteiger partial charge in [-0.3, -0.25) is 9.52 Å². The van der Waals surface area contributed by atoms with Crippen LogP contribution < -0.4 is 9.62 Å². The van der Waals surface area contributed by atoms with Gasteiger partial charge in [-0.2, -0.15) is 0 Å². The van der Waals surface area contributed by atoms with Gasteiger partial charge in [0.15, 0.2) is 11.6 Å². The quantitative estimate of drug-likeness (QED) is 0.790. The van der Waals surface area contributed by atoms with Crippen molar-refractivity contribution < 1.29 is 13.2 Å². The average Bonchev–Trinajstić information content (AvgIpc) is 3.03. The zero-order chi connectivity index (χ0) is 17.2. The number of thiophene rings is 1. The highest BCUT2D eigenvalue weighted by Gasteiger charge is 2.19. The summed E-state index contributed by atoms with van der Waals surface area (Å²) in [5.74, 6) is 0.840. The summed E-state index contributed by atoms with van der Waals surface area (Å²) in [7, 11) is -3.63. The Balaban J connectivity index is 1.68. The Morgan fingerprint density at radius 2 is 1.88 bits per heavy atom. The standard InChI is InChI=1S/C14H17N5O3S2/c1-11-2-5-14(23-11)24(21,22)17-12-3-4-13(16-15-12)19-8-6-18(10-20)7-9-19/h2-5,10H,6-9H2,1H3,(H,15,17). The molecule has 3 rings (SSSR count). The number of carbonyl (C=O) groups is 1. The molecule has 0 aromatic carbocycles. The highest BCUT2D eigenvalue weighted by atomic mass is 32.2. The third-order valence-electron chi connectivity index (χ3n) is 3.66. The van der Waals surface area contributed by atoms with Crippen molar-refractivity contribution in [2.45, 2.75) is 11.1 Å². The summed E-state index contributed by atoms with van der Waals surface area (Å²) in [6, 6.07) is 6.64. The molecule has 1 saturated heterocycles. The molecular weight excluding hydrogens is 350 g/mol. The number of aromatic nitrogens is 2. The van der Waals surface area contributed by atoms with E-state index in [1.807, 2.05) is 11.8 Å². The Labute approximate surface area is 144 Å². The predicted octanol–water partition coefficient (Wildman–Crippen LogP) is 0.926. The highest BCUT2D eigenvalue weighted by Crippen LogP contribution is 2.23. The predicted molar refractivity (Wildman–Crippen MR) is 91.7 cm³/mol. The minimum Gasteiger partial charge on any atom is -0.352 e. The lowest BCUT2D eigenvalue weighted by atomic mass is 10.3. The van der Waals surface area contributed by atoms with E-state index >= 15 is 0 Å². The van der Waals surface area contributed by atoms with Crippen molar-refractivity contribution >= 4 is 39.4 Å². The van der Waals surface area contributed by atoms with Gasteiger partial charge in [-0.15, -0.1) is 21.5 Å². The topological polar surface area (TPSA) is 95.5 Å². The molecule has 128 valence electrons. The van der Waals surface area contributed by atoms with Crippen LogP contribution in [0, 0.1) is 6.92 Å². The molecule has 3 heterocycles. The van der Waals surface area contributed by atoms with Crippen molar-refractivity contribution in [3.05, 3.63) is 29.1 Å². The number of hydrogen-bond donors (Lipinski definition) is 1. The zero-order valence-corrected chi connectivity index (χ0v) is 14.7. The lowest BCUT2D eigenvalue weighted by Crippen LogP contribution is -2.46. The number of anilines is 2. The smallest absolute Gasteiger partial charge is 0.272 e. The molecule has 1 amide bonds. The second kappa shape index (κ2) is 6.73. The molecule has 2 aromatic heterocycles. The van der Waals surface area contributed by atoms with Gasteiger partial charge in [0.05, 0.1) is 0 Å². The lowest BCUT2D eigenvalue weighted by Gasteiger charge is -2.32. The van der Waals surface area contributed by atoms with Gasteiger partial charge in [0, 0.05) is 31.1 Å². The van der Waals surface area contributed by atoms with E-state index in [-0.39, 0.29) is 10.0 Å². The minimum absolute atomic E-state index is 0.177. The van der Waals surface area contributed by atoms with E-state index in [0.717, 1.165) is 11.3 Å². The van der Waals surface area contributed by atoms with E-state index < -0.39 is 10.0 Å². The number of carbonyl (C=O) groups excluding carboxylic acids is 1. The summed E-state index contributed by atoms with van der Waals surface area (Å²) < 4.78 is 27.2. The molecular formula is C14H17N5O3S2. The van der Waals surface area contributed by atoms with Crippen LogP contribution in [0.3, 0.4) is 0 Å². The van der Waals surface area contributed by atoms with Gasteiger partial charge in [-0.25, -0.2) is 8.42 Å². The molecule has 0 aliphatic carbocycles. The van der Waals surface area contributed by atoms with Crippen LogP contribution in [0.1, 0.15) is 4.88 Å². The molecule has 1 aliphatic heterocycles. The average molecular weight is 367 g/mol. The molecule has 1 fully saturated rings. The first-order valence-corrected chi connectivity index (χ1v) is 9.65. The van der Waals surface area contributed by atoms with E-state index in [1.54, 1.807) is 29.2 Å². The van der Waals surface area contributed by atoms with Crippen LogP contribution in [0.4, 0.5) is 11.6 Å². The van der Waals surface area contributed by atoms with E-state index in [0.29, 0.717) is 32.0 Å². The number of rotatable bonds is 5. The first-order chi connectivity index (χ1) is 11.5. The molecule has 0 radical (unpaired) electrons. The number of hydrogen-bond acceptors (Lipinski definition) is 7. The second-order valence-corrected chi connectivity index (χ2v) is 8.57. The first kappa shape index (κ1) is 16.7. The van der Waals surface area contributed by atoms with Crippen LogP contribution in [0.2, 0.25) is 0 Å². The van der Waals surface area contributed by atoms with E-state index in [9.17, 15) is 13.2 Å². The number of nitrogens with zero attached hydrogens (tertiary/aromatic N) is 4. The van der Waals surface area contributed by atoms with Gasteiger partial charge in [-0.1, -0.05) is 0 Å². The van der Waals surface area contributed by atoms with Crippen molar-refractivity contribution in [3.8, 4) is 0 Å². The third-order valence-corrected chi connectivity index (χ3v) is 6.50. The fraction of sp³-hybridized carbons (Fsp3) is 0.357. The summed E-state index contributed by atoms with van der Waals surface area (Å²) >= 11 is 1.20. The van der Waals surface area contributed by atoms with Crippen molar-refractivity contribution in [1.82, 2.24) is 15.1 Å². The largest absolute Gasteiger partial charge is 0.352 e. The Hall–Kier alpha value is -2.20. The summed E-state index contributed by atoms with van der Waals surface area (Å²) in [5, 5.41) is 8.03. The Kier molecular flexibility index (Phi) is 4.67. The van der Waals surface area contributed by atoms with Crippen LogP contribution in [0.25, 0.3) is 0 Å². The molecule has 1 N–H and O–H groups in total.